The zero-order chi connectivity index (χ0) is 23.8. The van der Waals surface area contributed by atoms with E-state index < -0.39 is 17.2 Å². The molecule has 1 aliphatic rings. The number of amides is 1. The number of halogens is 2. The van der Waals surface area contributed by atoms with Gasteiger partial charge in [0.05, 0.1) is 37.8 Å². The number of pyridine rings is 3. The van der Waals surface area contributed by atoms with E-state index in [2.05, 4.69) is 20.3 Å². The third-order valence-electron chi connectivity index (χ3n) is 5.52. The second kappa shape index (κ2) is 8.47. The topological polar surface area (TPSA) is 86.2 Å². The maximum Gasteiger partial charge on any atom is 0.274 e. The molecule has 0 saturated carbocycles. The first-order chi connectivity index (χ1) is 15.6. The van der Waals surface area contributed by atoms with Gasteiger partial charge >= 0.3 is 0 Å². The third kappa shape index (κ3) is 4.54. The molecule has 0 aliphatic carbocycles. The van der Waals surface area contributed by atoms with Gasteiger partial charge in [-0.05, 0) is 50.6 Å². The highest BCUT2D eigenvalue weighted by molar-refractivity contribution is 6.03. The predicted molar refractivity (Wildman–Crippen MR) is 119 cm³/mol. The van der Waals surface area contributed by atoms with Crippen molar-refractivity contribution in [2.24, 2.45) is 0 Å². The van der Waals surface area contributed by atoms with Gasteiger partial charge in [-0.3, -0.25) is 14.8 Å². The summed E-state index contributed by atoms with van der Waals surface area (Å²) in [6, 6.07) is 6.33. The van der Waals surface area contributed by atoms with E-state index in [1.165, 1.54) is 45.5 Å². The van der Waals surface area contributed by atoms with Crippen LogP contribution in [0.4, 0.5) is 14.5 Å². The van der Waals surface area contributed by atoms with Crippen LogP contribution in [0.3, 0.4) is 0 Å². The number of rotatable bonds is 6. The van der Waals surface area contributed by atoms with Crippen LogP contribution in [0.2, 0.25) is 0 Å². The average Bonchev–Trinajstić information content (AvgIpc) is 2.78. The van der Waals surface area contributed by atoms with Crippen LogP contribution in [0.25, 0.3) is 11.1 Å². The monoisotopic (exact) mass is 454 g/mol. The summed E-state index contributed by atoms with van der Waals surface area (Å²) in [5, 5.41) is 2.74. The Morgan fingerprint density at radius 1 is 1.18 bits per heavy atom. The number of hydrogen-bond acceptors (Lipinski definition) is 6. The van der Waals surface area contributed by atoms with Gasteiger partial charge in [0.15, 0.2) is 5.67 Å². The molecular weight excluding hydrogens is 430 g/mol. The summed E-state index contributed by atoms with van der Waals surface area (Å²) >= 11 is 0. The second-order valence-electron chi connectivity index (χ2n) is 8.45. The van der Waals surface area contributed by atoms with Gasteiger partial charge in [-0.2, -0.15) is 0 Å². The van der Waals surface area contributed by atoms with Gasteiger partial charge in [-0.1, -0.05) is 0 Å². The maximum atomic E-state index is 15.1. The zero-order valence-electron chi connectivity index (χ0n) is 18.8. The molecule has 1 saturated heterocycles. The van der Waals surface area contributed by atoms with E-state index in [0.29, 0.717) is 33.6 Å². The number of aryl methyl sites for hydroxylation is 1. The van der Waals surface area contributed by atoms with E-state index in [9.17, 15) is 9.18 Å². The molecule has 0 unspecified atom stereocenters. The molecule has 9 heteroatoms. The largest absolute Gasteiger partial charge is 0.481 e. The van der Waals surface area contributed by atoms with Crippen molar-refractivity contribution in [3.05, 3.63) is 65.4 Å². The highest BCUT2D eigenvalue weighted by Crippen LogP contribution is 2.40. The normalized spacial score (nSPS) is 15.0. The molecular formula is C24H24F2N4O3. The minimum absolute atomic E-state index is 0.0659. The summed E-state index contributed by atoms with van der Waals surface area (Å²) in [5.41, 5.74) is -0.167. The Morgan fingerprint density at radius 3 is 2.58 bits per heavy atom. The van der Waals surface area contributed by atoms with Crippen LogP contribution < -0.4 is 10.1 Å². The molecule has 0 radical (unpaired) electrons. The van der Waals surface area contributed by atoms with Crippen molar-refractivity contribution in [2.75, 3.05) is 25.6 Å². The molecule has 0 atom stereocenters. The van der Waals surface area contributed by atoms with Crippen molar-refractivity contribution in [2.45, 2.75) is 32.1 Å². The van der Waals surface area contributed by atoms with Crippen LogP contribution in [0, 0.1) is 6.92 Å². The lowest BCUT2D eigenvalue weighted by Crippen LogP contribution is -2.43. The number of alkyl halides is 2. The summed E-state index contributed by atoms with van der Waals surface area (Å²) in [4.78, 5) is 25.4. The molecule has 1 amide bonds. The lowest BCUT2D eigenvalue weighted by Gasteiger charge is -2.34. The Labute approximate surface area is 190 Å². The van der Waals surface area contributed by atoms with Gasteiger partial charge in [0.1, 0.15) is 11.4 Å². The van der Waals surface area contributed by atoms with Gasteiger partial charge in [0.2, 0.25) is 5.88 Å². The molecule has 3 aromatic heterocycles. The number of carbonyl (C=O) groups excluding carboxylic acids is 1. The van der Waals surface area contributed by atoms with E-state index >= 15 is 4.39 Å². The molecule has 4 rings (SSSR count). The average molecular weight is 454 g/mol. The quantitative estimate of drug-likeness (QED) is 0.590. The van der Waals surface area contributed by atoms with Crippen molar-refractivity contribution in [3.63, 3.8) is 0 Å². The highest BCUT2D eigenvalue weighted by Gasteiger charge is 2.43. The Bertz CT molecular complexity index is 1210. The molecule has 172 valence electrons. The summed E-state index contributed by atoms with van der Waals surface area (Å²) < 4.78 is 39.6. The van der Waals surface area contributed by atoms with Crippen LogP contribution in [0.15, 0.2) is 42.9 Å². The van der Waals surface area contributed by atoms with Crippen LogP contribution in [-0.4, -0.2) is 41.2 Å². The number of aromatic nitrogens is 3. The molecule has 1 fully saturated rings. The number of ether oxygens (including phenoxy) is 2. The smallest absolute Gasteiger partial charge is 0.274 e. The van der Waals surface area contributed by atoms with E-state index in [4.69, 9.17) is 9.47 Å². The number of anilines is 1. The Kier molecular flexibility index (Phi) is 5.84. The fourth-order valence-electron chi connectivity index (χ4n) is 3.53. The zero-order valence-corrected chi connectivity index (χ0v) is 18.8. The minimum atomic E-state index is -1.66. The Hall–Kier alpha value is -3.46. The molecule has 0 spiro atoms. The van der Waals surface area contributed by atoms with Crippen molar-refractivity contribution in [3.8, 4) is 17.0 Å². The molecule has 0 bridgehead atoms. The minimum Gasteiger partial charge on any atom is -0.481 e. The van der Waals surface area contributed by atoms with Crippen molar-refractivity contribution in [1.82, 2.24) is 15.0 Å². The molecule has 1 N–H and O–H groups in total. The van der Waals surface area contributed by atoms with Gasteiger partial charge in [-0.15, -0.1) is 0 Å². The third-order valence-corrected chi connectivity index (χ3v) is 5.52. The van der Waals surface area contributed by atoms with Crippen molar-refractivity contribution in [1.29, 1.82) is 0 Å². The highest BCUT2D eigenvalue weighted by atomic mass is 19.1. The van der Waals surface area contributed by atoms with Crippen LogP contribution in [0.1, 0.15) is 41.2 Å². The maximum absolute atomic E-state index is 15.1. The Morgan fingerprint density at radius 2 is 1.94 bits per heavy atom. The number of carbonyl (C=O) groups is 1. The first kappa shape index (κ1) is 22.7. The fraction of sp³-hybridized carbons (Fsp3) is 0.333. The number of nitrogens with zero attached hydrogens (tertiary/aromatic N) is 3. The second-order valence-corrected chi connectivity index (χ2v) is 8.45. The van der Waals surface area contributed by atoms with E-state index in [1.807, 2.05) is 0 Å². The predicted octanol–water partition coefficient (Wildman–Crippen LogP) is 4.51. The molecule has 3 aromatic rings. The SMILES string of the molecule is COc1ncc(-c2cc(NC(=O)c3cc(C(C)(C)F)ccn3)cnc2C)cc1C1(F)COC1. The van der Waals surface area contributed by atoms with Crippen molar-refractivity contribution < 1.29 is 23.0 Å². The van der Waals surface area contributed by atoms with Gasteiger partial charge in [-0.25, -0.2) is 13.8 Å². The first-order valence-corrected chi connectivity index (χ1v) is 10.4. The fourth-order valence-corrected chi connectivity index (χ4v) is 3.53. The molecule has 0 aromatic carbocycles. The summed E-state index contributed by atoms with van der Waals surface area (Å²) in [7, 11) is 1.43. The van der Waals surface area contributed by atoms with Crippen LogP contribution >= 0.6 is 0 Å². The lowest BCUT2D eigenvalue weighted by molar-refractivity contribution is -0.136. The van der Waals surface area contributed by atoms with E-state index in [1.54, 1.807) is 25.3 Å². The van der Waals surface area contributed by atoms with E-state index in [-0.39, 0.29) is 24.8 Å². The van der Waals surface area contributed by atoms with Crippen LogP contribution in [0.5, 0.6) is 5.88 Å². The van der Waals surface area contributed by atoms with Gasteiger partial charge < -0.3 is 14.8 Å². The summed E-state index contributed by atoms with van der Waals surface area (Å²) in [5.74, 6) is -0.304. The van der Waals surface area contributed by atoms with Crippen molar-refractivity contribution >= 4 is 11.6 Å². The molecule has 1 aliphatic heterocycles. The number of hydrogen-bond donors (Lipinski definition) is 1. The molecule has 4 heterocycles. The first-order valence-electron chi connectivity index (χ1n) is 10.4. The lowest BCUT2D eigenvalue weighted by atomic mass is 9.92. The summed E-state index contributed by atoms with van der Waals surface area (Å²) in [6.07, 6.45) is 4.47. The van der Waals surface area contributed by atoms with Crippen LogP contribution in [-0.2, 0) is 16.1 Å². The number of methoxy groups -OCH3 is 1. The van der Waals surface area contributed by atoms with E-state index in [0.717, 1.165) is 0 Å². The number of nitrogens with one attached hydrogen (secondary N) is 1. The standard InChI is InChI=1S/C24H24F2N4O3/c1-14-18(15-7-19(22(32-4)29-10-15)24(26)12-33-13-24)9-17(11-28-14)30-21(31)20-8-16(5-6-27-20)23(2,3)25/h5-11H,12-13H2,1-4H3,(H,30,31). The van der Waals surface area contributed by atoms with Gasteiger partial charge in [0.25, 0.3) is 5.91 Å². The summed E-state index contributed by atoms with van der Waals surface area (Å²) in [6.45, 7) is 4.49. The van der Waals surface area contributed by atoms with Gasteiger partial charge in [0, 0.05) is 29.2 Å². The molecule has 33 heavy (non-hydrogen) atoms. The Balaban J connectivity index is 1.64. The molecule has 7 nitrogen and oxygen atoms in total.